The largest absolute Gasteiger partial charge is 0.451 e. The van der Waals surface area contributed by atoms with Crippen molar-refractivity contribution in [2.75, 3.05) is 51.0 Å². The molecule has 0 aliphatic rings. The Hall–Kier alpha value is -1.57. The van der Waals surface area contributed by atoms with Gasteiger partial charge in [-0.3, -0.25) is 0 Å². The van der Waals surface area contributed by atoms with Crippen LogP contribution in [0.5, 0.6) is 0 Å². The highest BCUT2D eigenvalue weighted by Gasteiger charge is 2.35. The average molecular weight is 305 g/mol. The van der Waals surface area contributed by atoms with Crippen LogP contribution in [-0.4, -0.2) is 55.6 Å². The van der Waals surface area contributed by atoms with Gasteiger partial charge in [-0.25, -0.2) is 9.97 Å². The number of nitrogens with zero attached hydrogens (tertiary/aromatic N) is 4. The Kier molecular flexibility index (Phi) is 6.19. The van der Waals surface area contributed by atoms with Crippen LogP contribution < -0.4 is 10.2 Å². The number of alkyl halides is 3. The predicted molar refractivity (Wildman–Crippen MR) is 77.6 cm³/mol. The van der Waals surface area contributed by atoms with E-state index in [1.54, 1.807) is 18.9 Å². The molecular formula is C13H22F3N5. The molecule has 1 N–H and O–H groups in total. The van der Waals surface area contributed by atoms with Gasteiger partial charge in [-0.05, 0) is 34.0 Å². The van der Waals surface area contributed by atoms with Gasteiger partial charge in [0.1, 0.15) is 11.6 Å². The van der Waals surface area contributed by atoms with E-state index in [1.807, 2.05) is 19.0 Å². The number of anilines is 2. The van der Waals surface area contributed by atoms with Crippen molar-refractivity contribution >= 4 is 11.6 Å². The van der Waals surface area contributed by atoms with Crippen LogP contribution in [0, 0.1) is 0 Å². The molecule has 5 nitrogen and oxygen atoms in total. The first-order valence-electron chi connectivity index (χ1n) is 6.80. The highest BCUT2D eigenvalue weighted by molar-refractivity contribution is 5.49. The third-order valence-corrected chi connectivity index (χ3v) is 2.81. The standard InChI is InChI=1S/C13H22F3N5/c1-5-17-10-9-11(19-12(18-10)13(14,15)16)21(4)8-6-7-20(2)3/h9H,5-8H2,1-4H3,(H,17,18,19). The van der Waals surface area contributed by atoms with Crippen LogP contribution in [0.15, 0.2) is 6.07 Å². The number of nitrogens with one attached hydrogen (secondary N) is 1. The smallest absolute Gasteiger partial charge is 0.370 e. The molecular weight excluding hydrogens is 283 g/mol. The normalized spacial score (nSPS) is 11.8. The summed E-state index contributed by atoms with van der Waals surface area (Å²) in [5.74, 6) is -0.656. The van der Waals surface area contributed by atoms with E-state index in [2.05, 4.69) is 15.3 Å². The SMILES string of the molecule is CCNc1cc(N(C)CCCN(C)C)nc(C(F)(F)F)n1. The van der Waals surface area contributed by atoms with Crippen LogP contribution in [-0.2, 0) is 6.18 Å². The molecule has 8 heteroatoms. The van der Waals surface area contributed by atoms with Crippen molar-refractivity contribution in [3.05, 3.63) is 11.9 Å². The molecule has 120 valence electrons. The second-order valence-electron chi connectivity index (χ2n) is 5.04. The molecule has 0 spiro atoms. The Morgan fingerprint density at radius 3 is 2.33 bits per heavy atom. The fourth-order valence-corrected chi connectivity index (χ4v) is 1.77. The van der Waals surface area contributed by atoms with Crippen LogP contribution in [0.2, 0.25) is 0 Å². The number of rotatable bonds is 7. The topological polar surface area (TPSA) is 44.3 Å². The molecule has 1 aromatic heterocycles. The second kappa shape index (κ2) is 7.44. The maximum atomic E-state index is 12.8. The minimum absolute atomic E-state index is 0.189. The first kappa shape index (κ1) is 17.5. The van der Waals surface area contributed by atoms with E-state index in [0.717, 1.165) is 13.0 Å². The fraction of sp³-hybridized carbons (Fsp3) is 0.692. The predicted octanol–water partition coefficient (Wildman–Crippen LogP) is 2.32. The maximum absolute atomic E-state index is 12.8. The lowest BCUT2D eigenvalue weighted by Crippen LogP contribution is -2.25. The Balaban J connectivity index is 2.91. The summed E-state index contributed by atoms with van der Waals surface area (Å²) in [6.07, 6.45) is -3.71. The van der Waals surface area contributed by atoms with Crippen molar-refractivity contribution in [1.29, 1.82) is 0 Å². The monoisotopic (exact) mass is 305 g/mol. The zero-order valence-electron chi connectivity index (χ0n) is 12.8. The van der Waals surface area contributed by atoms with E-state index in [-0.39, 0.29) is 11.6 Å². The van der Waals surface area contributed by atoms with Gasteiger partial charge in [0.15, 0.2) is 0 Å². The Morgan fingerprint density at radius 1 is 1.14 bits per heavy atom. The molecule has 0 atom stereocenters. The van der Waals surface area contributed by atoms with E-state index >= 15 is 0 Å². The lowest BCUT2D eigenvalue weighted by atomic mass is 10.3. The van der Waals surface area contributed by atoms with E-state index in [9.17, 15) is 13.2 Å². The van der Waals surface area contributed by atoms with Crippen LogP contribution >= 0.6 is 0 Å². The fourth-order valence-electron chi connectivity index (χ4n) is 1.77. The van der Waals surface area contributed by atoms with Crippen molar-refractivity contribution in [1.82, 2.24) is 14.9 Å². The van der Waals surface area contributed by atoms with Gasteiger partial charge in [-0.1, -0.05) is 0 Å². The molecule has 21 heavy (non-hydrogen) atoms. The van der Waals surface area contributed by atoms with Gasteiger partial charge >= 0.3 is 6.18 Å². The quantitative estimate of drug-likeness (QED) is 0.837. The number of hydrogen-bond acceptors (Lipinski definition) is 5. The van der Waals surface area contributed by atoms with Crippen molar-refractivity contribution in [2.45, 2.75) is 19.5 Å². The molecule has 0 aliphatic heterocycles. The van der Waals surface area contributed by atoms with Crippen molar-refractivity contribution in [2.24, 2.45) is 0 Å². The van der Waals surface area contributed by atoms with Gasteiger partial charge < -0.3 is 15.1 Å². The van der Waals surface area contributed by atoms with Gasteiger partial charge in [0.05, 0.1) is 0 Å². The van der Waals surface area contributed by atoms with Crippen LogP contribution in [0.1, 0.15) is 19.2 Å². The van der Waals surface area contributed by atoms with Gasteiger partial charge in [0, 0.05) is 26.2 Å². The molecule has 1 rings (SSSR count). The molecule has 0 unspecified atom stereocenters. The molecule has 0 amide bonds. The third-order valence-electron chi connectivity index (χ3n) is 2.81. The summed E-state index contributed by atoms with van der Waals surface area (Å²) in [6, 6.07) is 1.54. The number of aromatic nitrogens is 2. The van der Waals surface area contributed by atoms with E-state index in [4.69, 9.17) is 0 Å². The van der Waals surface area contributed by atoms with E-state index in [0.29, 0.717) is 13.1 Å². The minimum Gasteiger partial charge on any atom is -0.370 e. The van der Waals surface area contributed by atoms with Crippen LogP contribution in [0.4, 0.5) is 24.8 Å². The molecule has 0 aliphatic carbocycles. The lowest BCUT2D eigenvalue weighted by molar-refractivity contribution is -0.144. The summed E-state index contributed by atoms with van der Waals surface area (Å²) >= 11 is 0. The average Bonchev–Trinajstić information content (AvgIpc) is 2.37. The van der Waals surface area contributed by atoms with Crippen molar-refractivity contribution in [3.8, 4) is 0 Å². The van der Waals surface area contributed by atoms with Crippen molar-refractivity contribution < 1.29 is 13.2 Å². The first-order chi connectivity index (χ1) is 9.74. The van der Waals surface area contributed by atoms with Crippen LogP contribution in [0.25, 0.3) is 0 Å². The molecule has 0 saturated carbocycles. The molecule has 0 bridgehead atoms. The van der Waals surface area contributed by atoms with E-state index in [1.165, 1.54) is 6.07 Å². The van der Waals surface area contributed by atoms with Gasteiger partial charge in [0.25, 0.3) is 0 Å². The van der Waals surface area contributed by atoms with Gasteiger partial charge in [0.2, 0.25) is 5.82 Å². The van der Waals surface area contributed by atoms with Gasteiger partial charge in [-0.2, -0.15) is 13.2 Å². The summed E-state index contributed by atoms with van der Waals surface area (Å²) in [4.78, 5) is 10.9. The molecule has 0 saturated heterocycles. The summed E-state index contributed by atoms with van der Waals surface area (Å²) in [6.45, 7) is 3.79. The molecule has 1 aromatic rings. The third kappa shape index (κ3) is 5.74. The zero-order valence-corrected chi connectivity index (χ0v) is 12.8. The van der Waals surface area contributed by atoms with Crippen LogP contribution in [0.3, 0.4) is 0 Å². The number of hydrogen-bond donors (Lipinski definition) is 1. The minimum atomic E-state index is -4.55. The molecule has 0 radical (unpaired) electrons. The summed E-state index contributed by atoms with van der Waals surface area (Å²) < 4.78 is 38.5. The highest BCUT2D eigenvalue weighted by atomic mass is 19.4. The molecule has 1 heterocycles. The summed E-state index contributed by atoms with van der Waals surface area (Å²) in [5.41, 5.74) is 0. The second-order valence-corrected chi connectivity index (χ2v) is 5.04. The Morgan fingerprint density at radius 2 is 1.81 bits per heavy atom. The molecule has 0 fully saturated rings. The first-order valence-corrected chi connectivity index (χ1v) is 6.80. The zero-order chi connectivity index (χ0) is 16.0. The molecule has 0 aromatic carbocycles. The summed E-state index contributed by atoms with van der Waals surface area (Å²) in [7, 11) is 5.64. The Labute approximate surface area is 123 Å². The van der Waals surface area contributed by atoms with Gasteiger partial charge in [-0.15, -0.1) is 0 Å². The summed E-state index contributed by atoms with van der Waals surface area (Å²) in [5, 5.41) is 2.80. The maximum Gasteiger partial charge on any atom is 0.451 e. The number of halogens is 3. The highest BCUT2D eigenvalue weighted by Crippen LogP contribution is 2.29. The lowest BCUT2D eigenvalue weighted by Gasteiger charge is -2.21. The Bertz CT molecular complexity index is 448. The van der Waals surface area contributed by atoms with E-state index < -0.39 is 12.0 Å². The van der Waals surface area contributed by atoms with Crippen molar-refractivity contribution in [3.63, 3.8) is 0 Å².